The minimum atomic E-state index is 0.0706. The summed E-state index contributed by atoms with van der Waals surface area (Å²) in [5.41, 5.74) is 2.36. The van der Waals surface area contributed by atoms with E-state index in [9.17, 15) is 4.79 Å². The van der Waals surface area contributed by atoms with Crippen molar-refractivity contribution in [2.24, 2.45) is 0 Å². The van der Waals surface area contributed by atoms with E-state index in [1.54, 1.807) is 0 Å². The first-order valence-corrected chi connectivity index (χ1v) is 6.50. The van der Waals surface area contributed by atoms with Gasteiger partial charge in [-0.2, -0.15) is 0 Å². The zero-order valence-corrected chi connectivity index (χ0v) is 10.9. The van der Waals surface area contributed by atoms with E-state index in [0.29, 0.717) is 0 Å². The Labute approximate surface area is 108 Å². The van der Waals surface area contributed by atoms with Crippen molar-refractivity contribution in [3.05, 3.63) is 29.8 Å². The summed E-state index contributed by atoms with van der Waals surface area (Å²) >= 11 is 0. The lowest BCUT2D eigenvalue weighted by molar-refractivity contribution is -0.121. The Morgan fingerprint density at radius 3 is 2.67 bits per heavy atom. The molecule has 0 radical (unpaired) electrons. The number of rotatable bonds is 2. The van der Waals surface area contributed by atoms with Crippen molar-refractivity contribution in [2.75, 3.05) is 25.5 Å². The average Bonchev–Trinajstić information content (AvgIpc) is 2.94. The van der Waals surface area contributed by atoms with Crippen molar-refractivity contribution in [1.29, 1.82) is 0 Å². The second-order valence-corrected chi connectivity index (χ2v) is 5.29. The van der Waals surface area contributed by atoms with Crippen LogP contribution in [0.25, 0.3) is 0 Å². The van der Waals surface area contributed by atoms with Gasteiger partial charge in [0.1, 0.15) is 6.17 Å². The van der Waals surface area contributed by atoms with Crippen LogP contribution in [0, 0.1) is 0 Å². The van der Waals surface area contributed by atoms with E-state index in [-0.39, 0.29) is 18.1 Å². The normalized spacial score (nSPS) is 27.1. The number of carbonyl (C=O) groups excluding carboxylic acids is 1. The lowest BCUT2D eigenvalue weighted by Gasteiger charge is -2.22. The van der Waals surface area contributed by atoms with Crippen LogP contribution in [0.4, 0.5) is 5.69 Å². The van der Waals surface area contributed by atoms with Gasteiger partial charge in [-0.1, -0.05) is 12.1 Å². The highest BCUT2D eigenvalue weighted by molar-refractivity contribution is 5.84. The van der Waals surface area contributed by atoms with E-state index in [1.165, 1.54) is 11.3 Å². The second-order valence-electron chi connectivity index (χ2n) is 5.29. The molecule has 2 aliphatic rings. The lowest BCUT2D eigenvalue weighted by Crippen LogP contribution is -2.28. The zero-order valence-electron chi connectivity index (χ0n) is 10.9. The molecular weight excluding hydrogens is 226 g/mol. The molecule has 18 heavy (non-hydrogen) atoms. The highest BCUT2D eigenvalue weighted by atomic mass is 16.2. The van der Waals surface area contributed by atoms with Gasteiger partial charge in [-0.25, -0.2) is 0 Å². The fourth-order valence-electron chi connectivity index (χ4n) is 2.92. The molecule has 4 heteroatoms. The molecule has 3 rings (SSSR count). The standard InChI is InChI=1S/C14H19N3O/c1-16(2)11-7-5-10(6-8-11)13-15-14(18)12-4-3-9-17(12)13/h5-8,12-13H,3-4,9H2,1-2H3,(H,15,18). The van der Waals surface area contributed by atoms with E-state index in [1.807, 2.05) is 14.1 Å². The fraction of sp³-hybridized carbons (Fsp3) is 0.500. The molecule has 2 aliphatic heterocycles. The number of hydrogen-bond acceptors (Lipinski definition) is 3. The molecule has 2 saturated heterocycles. The maximum atomic E-state index is 11.9. The van der Waals surface area contributed by atoms with E-state index in [4.69, 9.17) is 0 Å². The average molecular weight is 245 g/mol. The Kier molecular flexibility index (Phi) is 2.74. The summed E-state index contributed by atoms with van der Waals surface area (Å²) in [5, 5.41) is 3.09. The molecule has 1 aromatic carbocycles. The molecular formula is C14H19N3O. The van der Waals surface area contributed by atoms with Crippen molar-refractivity contribution in [3.8, 4) is 0 Å². The van der Waals surface area contributed by atoms with Gasteiger partial charge in [-0.15, -0.1) is 0 Å². The number of nitrogens with one attached hydrogen (secondary N) is 1. The van der Waals surface area contributed by atoms with E-state index in [0.717, 1.165) is 19.4 Å². The van der Waals surface area contributed by atoms with Crippen LogP contribution in [-0.4, -0.2) is 37.5 Å². The van der Waals surface area contributed by atoms with Crippen LogP contribution in [-0.2, 0) is 4.79 Å². The number of anilines is 1. The SMILES string of the molecule is CN(C)c1ccc(C2NC(=O)C3CCCN32)cc1. The molecule has 2 unspecified atom stereocenters. The third-order valence-corrected chi connectivity index (χ3v) is 3.93. The van der Waals surface area contributed by atoms with Gasteiger partial charge in [0.05, 0.1) is 6.04 Å². The summed E-state index contributed by atoms with van der Waals surface area (Å²) in [7, 11) is 4.06. The van der Waals surface area contributed by atoms with E-state index >= 15 is 0 Å². The molecule has 0 aliphatic carbocycles. The van der Waals surface area contributed by atoms with Gasteiger partial charge in [0.2, 0.25) is 5.91 Å². The summed E-state index contributed by atoms with van der Waals surface area (Å²) in [6.45, 7) is 1.02. The van der Waals surface area contributed by atoms with Crippen LogP contribution in [0.15, 0.2) is 24.3 Å². The fourth-order valence-corrected chi connectivity index (χ4v) is 2.92. The van der Waals surface area contributed by atoms with Gasteiger partial charge in [0.25, 0.3) is 0 Å². The van der Waals surface area contributed by atoms with Crippen molar-refractivity contribution in [1.82, 2.24) is 10.2 Å². The molecule has 1 N–H and O–H groups in total. The molecule has 1 aromatic rings. The highest BCUT2D eigenvalue weighted by Crippen LogP contribution is 2.33. The van der Waals surface area contributed by atoms with Crippen LogP contribution >= 0.6 is 0 Å². The third-order valence-electron chi connectivity index (χ3n) is 3.93. The van der Waals surface area contributed by atoms with Gasteiger partial charge < -0.3 is 10.2 Å². The quantitative estimate of drug-likeness (QED) is 0.854. The van der Waals surface area contributed by atoms with Crippen molar-refractivity contribution in [2.45, 2.75) is 25.0 Å². The Bertz CT molecular complexity index is 455. The smallest absolute Gasteiger partial charge is 0.238 e. The topological polar surface area (TPSA) is 35.6 Å². The Morgan fingerprint density at radius 1 is 1.28 bits per heavy atom. The van der Waals surface area contributed by atoms with Crippen molar-refractivity contribution < 1.29 is 4.79 Å². The highest BCUT2D eigenvalue weighted by Gasteiger charge is 2.42. The summed E-state index contributed by atoms with van der Waals surface area (Å²) in [6, 6.07) is 8.53. The summed E-state index contributed by atoms with van der Waals surface area (Å²) in [5.74, 6) is 0.189. The molecule has 0 saturated carbocycles. The molecule has 0 aromatic heterocycles. The molecule has 4 nitrogen and oxygen atoms in total. The van der Waals surface area contributed by atoms with Crippen LogP contribution in [0.3, 0.4) is 0 Å². The minimum Gasteiger partial charge on any atom is -0.378 e. The van der Waals surface area contributed by atoms with Crippen LogP contribution < -0.4 is 10.2 Å². The zero-order chi connectivity index (χ0) is 12.7. The second kappa shape index (κ2) is 4.28. The number of benzene rings is 1. The molecule has 0 spiro atoms. The molecule has 2 fully saturated rings. The predicted molar refractivity (Wildman–Crippen MR) is 71.4 cm³/mol. The summed E-state index contributed by atoms with van der Waals surface area (Å²) in [4.78, 5) is 16.2. The molecule has 96 valence electrons. The Morgan fingerprint density at radius 2 is 2.00 bits per heavy atom. The van der Waals surface area contributed by atoms with Crippen molar-refractivity contribution >= 4 is 11.6 Å². The number of nitrogens with zero attached hydrogens (tertiary/aromatic N) is 2. The molecule has 2 heterocycles. The largest absolute Gasteiger partial charge is 0.378 e. The third kappa shape index (κ3) is 1.77. The van der Waals surface area contributed by atoms with Gasteiger partial charge in [0, 0.05) is 26.3 Å². The van der Waals surface area contributed by atoms with Gasteiger partial charge in [-0.05, 0) is 30.5 Å². The summed E-state index contributed by atoms with van der Waals surface area (Å²) < 4.78 is 0. The maximum Gasteiger partial charge on any atom is 0.238 e. The number of amides is 1. The molecule has 1 amide bonds. The van der Waals surface area contributed by atoms with E-state index < -0.39 is 0 Å². The first kappa shape index (κ1) is 11.5. The van der Waals surface area contributed by atoms with Gasteiger partial charge in [0.15, 0.2) is 0 Å². The minimum absolute atomic E-state index is 0.0706. The first-order valence-electron chi connectivity index (χ1n) is 6.50. The monoisotopic (exact) mass is 245 g/mol. The van der Waals surface area contributed by atoms with Crippen LogP contribution in [0.5, 0.6) is 0 Å². The Hall–Kier alpha value is -1.55. The number of hydrogen-bond donors (Lipinski definition) is 1. The predicted octanol–water partition coefficient (Wildman–Crippen LogP) is 1.35. The van der Waals surface area contributed by atoms with E-state index in [2.05, 4.69) is 39.4 Å². The Balaban J connectivity index is 1.84. The number of carbonyl (C=O) groups is 1. The first-order chi connectivity index (χ1) is 8.66. The number of fused-ring (bicyclic) bond motifs is 1. The van der Waals surface area contributed by atoms with Gasteiger partial charge >= 0.3 is 0 Å². The van der Waals surface area contributed by atoms with Gasteiger partial charge in [-0.3, -0.25) is 9.69 Å². The van der Waals surface area contributed by atoms with Crippen LogP contribution in [0.2, 0.25) is 0 Å². The van der Waals surface area contributed by atoms with Crippen molar-refractivity contribution in [3.63, 3.8) is 0 Å². The molecule has 0 bridgehead atoms. The lowest BCUT2D eigenvalue weighted by atomic mass is 10.1. The molecule has 2 atom stereocenters. The maximum absolute atomic E-state index is 11.9. The summed E-state index contributed by atoms with van der Waals surface area (Å²) in [6.07, 6.45) is 2.20. The van der Waals surface area contributed by atoms with Crippen LogP contribution in [0.1, 0.15) is 24.6 Å².